The summed E-state index contributed by atoms with van der Waals surface area (Å²) in [5.41, 5.74) is 1.23. The molecule has 1 amide bonds. The molecule has 0 saturated carbocycles. The predicted octanol–water partition coefficient (Wildman–Crippen LogP) is 2.55. The molecule has 0 atom stereocenters. The van der Waals surface area contributed by atoms with Crippen molar-refractivity contribution in [2.75, 3.05) is 26.0 Å². The highest BCUT2D eigenvalue weighted by atomic mass is 32.2. The Balaban J connectivity index is 1.72. The van der Waals surface area contributed by atoms with Crippen LogP contribution in [0.5, 0.6) is 5.75 Å². The Bertz CT molecular complexity index is 385. The Morgan fingerprint density at radius 2 is 1.94 bits per heavy atom. The zero-order chi connectivity index (χ0) is 12.8. The van der Waals surface area contributed by atoms with Gasteiger partial charge in [-0.05, 0) is 30.5 Å². The number of hydrogen-bond acceptors (Lipinski definition) is 3. The number of carbonyl (C=O) groups excluding carboxylic acids is 1. The van der Waals surface area contributed by atoms with E-state index in [1.54, 1.807) is 18.9 Å². The van der Waals surface area contributed by atoms with Crippen LogP contribution in [0.2, 0.25) is 0 Å². The van der Waals surface area contributed by atoms with Gasteiger partial charge in [0.05, 0.1) is 12.9 Å². The van der Waals surface area contributed by atoms with Crippen LogP contribution < -0.4 is 4.74 Å². The number of rotatable bonds is 5. The normalized spacial score (nSPS) is 14.8. The van der Waals surface area contributed by atoms with Gasteiger partial charge in [0.2, 0.25) is 5.91 Å². The van der Waals surface area contributed by atoms with E-state index in [1.165, 1.54) is 5.56 Å². The maximum atomic E-state index is 11.8. The van der Waals surface area contributed by atoms with Crippen LogP contribution in [0.1, 0.15) is 18.4 Å². The summed E-state index contributed by atoms with van der Waals surface area (Å²) in [5, 5.41) is 0. The van der Waals surface area contributed by atoms with Gasteiger partial charge in [0.25, 0.3) is 0 Å². The molecular formula is C14H19NO2S. The van der Waals surface area contributed by atoms with Crippen LogP contribution >= 0.6 is 11.8 Å². The number of benzene rings is 1. The number of thioether (sulfide) groups is 1. The Hall–Kier alpha value is -1.16. The third kappa shape index (κ3) is 3.67. The number of hydrogen-bond donors (Lipinski definition) is 0. The zero-order valence-corrected chi connectivity index (χ0v) is 11.5. The molecule has 0 radical (unpaired) electrons. The van der Waals surface area contributed by atoms with Gasteiger partial charge in [0.1, 0.15) is 5.75 Å². The smallest absolute Gasteiger partial charge is 0.232 e. The fourth-order valence-corrected chi connectivity index (χ4v) is 2.92. The summed E-state index contributed by atoms with van der Waals surface area (Å²) in [7, 11) is 1.67. The van der Waals surface area contributed by atoms with E-state index >= 15 is 0 Å². The fraction of sp³-hybridized carbons (Fsp3) is 0.500. The van der Waals surface area contributed by atoms with Gasteiger partial charge in [-0.25, -0.2) is 0 Å². The highest BCUT2D eigenvalue weighted by molar-refractivity contribution is 7.99. The predicted molar refractivity (Wildman–Crippen MR) is 75.0 cm³/mol. The molecule has 0 N–H and O–H groups in total. The highest BCUT2D eigenvalue weighted by Gasteiger charge is 2.17. The second-order valence-corrected chi connectivity index (χ2v) is 5.41. The monoisotopic (exact) mass is 265 g/mol. The van der Waals surface area contributed by atoms with Crippen LogP contribution in [0.4, 0.5) is 0 Å². The fourth-order valence-electron chi connectivity index (χ4n) is 2.04. The van der Waals surface area contributed by atoms with Crippen molar-refractivity contribution >= 4 is 17.7 Å². The lowest BCUT2D eigenvalue weighted by Gasteiger charge is -2.14. The second kappa shape index (κ2) is 6.69. The molecule has 4 heteroatoms. The van der Waals surface area contributed by atoms with Gasteiger partial charge in [0.15, 0.2) is 0 Å². The van der Waals surface area contributed by atoms with Gasteiger partial charge >= 0.3 is 0 Å². The maximum Gasteiger partial charge on any atom is 0.232 e. The first kappa shape index (κ1) is 13.3. The van der Waals surface area contributed by atoms with E-state index in [0.717, 1.165) is 37.4 Å². The highest BCUT2D eigenvalue weighted by Crippen LogP contribution is 2.17. The van der Waals surface area contributed by atoms with Crippen molar-refractivity contribution in [3.8, 4) is 5.75 Å². The van der Waals surface area contributed by atoms with Crippen LogP contribution in [0, 0.1) is 0 Å². The minimum Gasteiger partial charge on any atom is -0.497 e. The number of nitrogens with zero attached hydrogens (tertiary/aromatic N) is 1. The van der Waals surface area contributed by atoms with E-state index in [2.05, 4.69) is 0 Å². The summed E-state index contributed by atoms with van der Waals surface area (Å²) in [6.07, 6.45) is 2.32. The molecule has 18 heavy (non-hydrogen) atoms. The Kier molecular flexibility index (Phi) is 4.93. The average molecular weight is 265 g/mol. The quantitative estimate of drug-likeness (QED) is 0.819. The van der Waals surface area contributed by atoms with Crippen molar-refractivity contribution in [2.24, 2.45) is 0 Å². The minimum absolute atomic E-state index is 0.283. The molecule has 3 nitrogen and oxygen atoms in total. The molecule has 2 rings (SSSR count). The molecule has 1 aliphatic heterocycles. The van der Waals surface area contributed by atoms with Gasteiger partial charge in [-0.15, -0.1) is 11.8 Å². The Morgan fingerprint density at radius 1 is 1.28 bits per heavy atom. The molecule has 1 heterocycles. The Morgan fingerprint density at radius 3 is 2.56 bits per heavy atom. The van der Waals surface area contributed by atoms with Crippen LogP contribution in [-0.2, 0) is 10.5 Å². The molecular weight excluding hydrogens is 246 g/mol. The number of ether oxygens (including phenoxy) is 1. The van der Waals surface area contributed by atoms with Crippen molar-refractivity contribution in [3.63, 3.8) is 0 Å². The second-order valence-electron chi connectivity index (χ2n) is 4.43. The molecule has 1 aromatic carbocycles. The summed E-state index contributed by atoms with van der Waals surface area (Å²) in [6.45, 7) is 1.89. The largest absolute Gasteiger partial charge is 0.497 e. The van der Waals surface area contributed by atoms with E-state index in [9.17, 15) is 4.79 Å². The summed E-state index contributed by atoms with van der Waals surface area (Å²) in [6, 6.07) is 8.01. The minimum atomic E-state index is 0.283. The third-order valence-corrected chi connectivity index (χ3v) is 4.10. The summed E-state index contributed by atoms with van der Waals surface area (Å²) in [5.74, 6) is 2.62. The van der Waals surface area contributed by atoms with E-state index in [4.69, 9.17) is 4.74 Å². The molecule has 1 aliphatic rings. The Labute approximate surface area is 113 Å². The molecule has 0 unspecified atom stereocenters. The van der Waals surface area contributed by atoms with Crippen LogP contribution in [0.15, 0.2) is 24.3 Å². The number of methoxy groups -OCH3 is 1. The third-order valence-electron chi connectivity index (χ3n) is 3.11. The molecule has 0 aromatic heterocycles. The summed E-state index contributed by atoms with van der Waals surface area (Å²) >= 11 is 1.68. The lowest BCUT2D eigenvalue weighted by atomic mass is 10.2. The summed E-state index contributed by atoms with van der Waals surface area (Å²) < 4.78 is 5.11. The van der Waals surface area contributed by atoms with Crippen LogP contribution in [0.25, 0.3) is 0 Å². The van der Waals surface area contributed by atoms with Gasteiger partial charge in [-0.2, -0.15) is 0 Å². The lowest BCUT2D eigenvalue weighted by Crippen LogP contribution is -2.29. The zero-order valence-electron chi connectivity index (χ0n) is 10.7. The van der Waals surface area contributed by atoms with Crippen LogP contribution in [0.3, 0.4) is 0 Å². The lowest BCUT2D eigenvalue weighted by molar-refractivity contribution is -0.127. The van der Waals surface area contributed by atoms with E-state index in [0.29, 0.717) is 5.75 Å². The van der Waals surface area contributed by atoms with Gasteiger partial charge < -0.3 is 9.64 Å². The topological polar surface area (TPSA) is 29.5 Å². The molecule has 0 bridgehead atoms. The van der Waals surface area contributed by atoms with Crippen molar-refractivity contribution < 1.29 is 9.53 Å². The maximum absolute atomic E-state index is 11.8. The number of amides is 1. The van der Waals surface area contributed by atoms with E-state index in [1.807, 2.05) is 29.2 Å². The first-order chi connectivity index (χ1) is 8.79. The van der Waals surface area contributed by atoms with Gasteiger partial charge in [-0.3, -0.25) is 4.79 Å². The van der Waals surface area contributed by atoms with E-state index in [-0.39, 0.29) is 5.91 Å². The first-order valence-corrected chi connectivity index (χ1v) is 7.43. The average Bonchev–Trinajstić information content (AvgIpc) is 2.93. The summed E-state index contributed by atoms with van der Waals surface area (Å²) in [4.78, 5) is 13.8. The van der Waals surface area contributed by atoms with Crippen molar-refractivity contribution in [1.29, 1.82) is 0 Å². The van der Waals surface area contributed by atoms with Crippen molar-refractivity contribution in [1.82, 2.24) is 4.90 Å². The molecule has 0 spiro atoms. The van der Waals surface area contributed by atoms with Crippen LogP contribution in [-0.4, -0.2) is 36.8 Å². The molecule has 98 valence electrons. The molecule has 1 saturated heterocycles. The standard InChI is InChI=1S/C14H19NO2S/c1-17-13-6-4-12(5-7-13)10-18-11-14(16)15-8-2-3-9-15/h4-7H,2-3,8-11H2,1H3. The van der Waals surface area contributed by atoms with E-state index < -0.39 is 0 Å². The molecule has 1 aromatic rings. The molecule has 1 fully saturated rings. The first-order valence-electron chi connectivity index (χ1n) is 6.28. The van der Waals surface area contributed by atoms with Gasteiger partial charge in [0, 0.05) is 18.8 Å². The SMILES string of the molecule is COc1ccc(CSCC(=O)N2CCCC2)cc1. The number of carbonyl (C=O) groups is 1. The number of likely N-dealkylation sites (tertiary alicyclic amines) is 1. The van der Waals surface area contributed by atoms with Crippen molar-refractivity contribution in [2.45, 2.75) is 18.6 Å². The van der Waals surface area contributed by atoms with Crippen molar-refractivity contribution in [3.05, 3.63) is 29.8 Å². The molecule has 0 aliphatic carbocycles. The van der Waals surface area contributed by atoms with Gasteiger partial charge in [-0.1, -0.05) is 12.1 Å².